The van der Waals surface area contributed by atoms with Crippen molar-refractivity contribution in [2.45, 2.75) is 19.4 Å². The molecule has 21 heavy (non-hydrogen) atoms. The van der Waals surface area contributed by atoms with Crippen molar-refractivity contribution >= 4 is 27.2 Å². The summed E-state index contributed by atoms with van der Waals surface area (Å²) in [6.45, 7) is 2.46. The minimum absolute atomic E-state index is 0.0599. The summed E-state index contributed by atoms with van der Waals surface area (Å²) in [5.74, 6) is 1.03. The molecule has 9 heteroatoms. The average Bonchev–Trinajstić information content (AvgIpc) is 2.78. The van der Waals surface area contributed by atoms with E-state index in [1.54, 1.807) is 11.9 Å². The second kappa shape index (κ2) is 5.84. The van der Waals surface area contributed by atoms with Crippen LogP contribution in [-0.4, -0.2) is 49.5 Å². The van der Waals surface area contributed by atoms with Crippen LogP contribution in [-0.2, 0) is 9.84 Å². The van der Waals surface area contributed by atoms with Crippen LogP contribution in [0.1, 0.15) is 13.3 Å². The molecule has 1 aliphatic heterocycles. The van der Waals surface area contributed by atoms with E-state index in [1.165, 1.54) is 12.1 Å². The van der Waals surface area contributed by atoms with E-state index in [9.17, 15) is 18.5 Å². The Bertz CT molecular complexity index is 647. The Kier molecular flexibility index (Phi) is 4.31. The van der Waals surface area contributed by atoms with Crippen molar-refractivity contribution in [2.75, 3.05) is 35.3 Å². The van der Waals surface area contributed by atoms with Crippen LogP contribution in [0.4, 0.5) is 17.3 Å². The molecule has 0 radical (unpaired) electrons. The van der Waals surface area contributed by atoms with Gasteiger partial charge in [-0.25, -0.2) is 13.4 Å². The molecule has 8 nitrogen and oxygen atoms in total. The van der Waals surface area contributed by atoms with Gasteiger partial charge in [-0.3, -0.25) is 10.1 Å². The fourth-order valence-corrected chi connectivity index (χ4v) is 4.10. The van der Waals surface area contributed by atoms with Crippen molar-refractivity contribution in [2.24, 2.45) is 0 Å². The minimum atomic E-state index is -3.01. The van der Waals surface area contributed by atoms with Crippen molar-refractivity contribution in [3.8, 4) is 0 Å². The summed E-state index contributed by atoms with van der Waals surface area (Å²) < 4.78 is 23.1. The normalized spacial score (nSPS) is 20.2. The fraction of sp³-hybridized carbons (Fsp3) is 0.583. The van der Waals surface area contributed by atoms with E-state index in [1.807, 2.05) is 6.92 Å². The van der Waals surface area contributed by atoms with Gasteiger partial charge in [-0.15, -0.1) is 0 Å². The van der Waals surface area contributed by atoms with E-state index in [4.69, 9.17) is 0 Å². The van der Waals surface area contributed by atoms with Crippen LogP contribution in [0.3, 0.4) is 0 Å². The number of aromatic nitrogens is 1. The van der Waals surface area contributed by atoms with Gasteiger partial charge < -0.3 is 10.2 Å². The van der Waals surface area contributed by atoms with Crippen molar-refractivity contribution in [1.29, 1.82) is 0 Å². The zero-order chi connectivity index (χ0) is 15.6. The molecule has 2 rings (SSSR count). The molecule has 0 spiro atoms. The number of nitro groups is 1. The molecule has 2 heterocycles. The van der Waals surface area contributed by atoms with Gasteiger partial charge in [0.1, 0.15) is 11.6 Å². The number of rotatable bonds is 5. The van der Waals surface area contributed by atoms with E-state index in [0.29, 0.717) is 24.6 Å². The summed E-state index contributed by atoms with van der Waals surface area (Å²) in [6, 6.07) is 2.54. The summed E-state index contributed by atoms with van der Waals surface area (Å²) in [6.07, 6.45) is 0.514. The quantitative estimate of drug-likeness (QED) is 0.639. The van der Waals surface area contributed by atoms with E-state index < -0.39 is 14.8 Å². The number of pyridine rings is 1. The molecule has 1 fully saturated rings. The van der Waals surface area contributed by atoms with Gasteiger partial charge in [0.05, 0.1) is 28.6 Å². The third-order valence-electron chi connectivity index (χ3n) is 3.48. The summed E-state index contributed by atoms with van der Waals surface area (Å²) in [5.41, 5.74) is -0.0661. The zero-order valence-corrected chi connectivity index (χ0v) is 12.8. The van der Waals surface area contributed by atoms with Gasteiger partial charge >= 0.3 is 0 Å². The van der Waals surface area contributed by atoms with Gasteiger partial charge in [0, 0.05) is 19.6 Å². The number of sulfone groups is 1. The van der Waals surface area contributed by atoms with E-state index >= 15 is 0 Å². The Hall–Kier alpha value is -1.90. The molecule has 1 unspecified atom stereocenters. The Balaban J connectivity index is 2.31. The number of anilines is 2. The second-order valence-corrected chi connectivity index (χ2v) is 7.25. The molecule has 0 bridgehead atoms. The highest BCUT2D eigenvalue weighted by Gasteiger charge is 2.31. The highest BCUT2D eigenvalue weighted by Crippen LogP contribution is 2.26. The largest absolute Gasteiger partial charge is 0.370 e. The molecule has 1 aliphatic rings. The second-order valence-electron chi connectivity index (χ2n) is 5.02. The van der Waals surface area contributed by atoms with E-state index in [0.717, 1.165) is 0 Å². The van der Waals surface area contributed by atoms with Crippen LogP contribution in [0, 0.1) is 10.1 Å². The number of hydrogen-bond donors (Lipinski definition) is 1. The molecule has 116 valence electrons. The maximum Gasteiger partial charge on any atom is 0.276 e. The lowest BCUT2D eigenvalue weighted by Crippen LogP contribution is -2.33. The lowest BCUT2D eigenvalue weighted by atomic mass is 10.2. The van der Waals surface area contributed by atoms with Crippen LogP contribution in [0.5, 0.6) is 0 Å². The first-order valence-corrected chi connectivity index (χ1v) is 8.48. The molecule has 1 atom stereocenters. The van der Waals surface area contributed by atoms with Crippen LogP contribution >= 0.6 is 0 Å². The van der Waals surface area contributed by atoms with Gasteiger partial charge in [0.2, 0.25) is 0 Å². The Morgan fingerprint density at radius 1 is 1.52 bits per heavy atom. The van der Waals surface area contributed by atoms with E-state index in [2.05, 4.69) is 10.3 Å². The van der Waals surface area contributed by atoms with Gasteiger partial charge in [-0.05, 0) is 13.3 Å². The molecule has 1 saturated heterocycles. The fourth-order valence-electron chi connectivity index (χ4n) is 2.33. The van der Waals surface area contributed by atoms with Crippen molar-refractivity contribution in [3.05, 3.63) is 22.2 Å². The third kappa shape index (κ3) is 3.60. The van der Waals surface area contributed by atoms with Crippen LogP contribution < -0.4 is 10.2 Å². The topological polar surface area (TPSA) is 105 Å². The zero-order valence-electron chi connectivity index (χ0n) is 11.9. The third-order valence-corrected chi connectivity index (χ3v) is 5.23. The summed E-state index contributed by atoms with van der Waals surface area (Å²) in [4.78, 5) is 16.5. The SMILES string of the molecule is CCNc1cc([N+](=O)[O-])cc(N(C)C2CCS(=O)(=O)C2)n1. The molecule has 1 aromatic rings. The first-order valence-electron chi connectivity index (χ1n) is 6.66. The monoisotopic (exact) mass is 314 g/mol. The predicted octanol–water partition coefficient (Wildman–Crippen LogP) is 1.04. The smallest absolute Gasteiger partial charge is 0.276 e. The van der Waals surface area contributed by atoms with Crippen molar-refractivity contribution < 1.29 is 13.3 Å². The highest BCUT2D eigenvalue weighted by atomic mass is 32.2. The molecule has 0 aromatic carbocycles. The van der Waals surface area contributed by atoms with Gasteiger partial charge in [0.25, 0.3) is 5.69 Å². The minimum Gasteiger partial charge on any atom is -0.370 e. The highest BCUT2D eigenvalue weighted by molar-refractivity contribution is 7.91. The lowest BCUT2D eigenvalue weighted by Gasteiger charge is -2.24. The standard InChI is InChI=1S/C12H18N4O4S/c1-3-13-11-6-10(16(17)18)7-12(14-11)15(2)9-4-5-21(19,20)8-9/h6-7,9H,3-5,8H2,1-2H3,(H,13,14). The molecular weight excluding hydrogens is 296 g/mol. The maximum atomic E-state index is 11.6. The predicted molar refractivity (Wildman–Crippen MR) is 80.5 cm³/mol. The summed E-state index contributed by atoms with van der Waals surface area (Å²) in [7, 11) is -1.30. The number of hydrogen-bond acceptors (Lipinski definition) is 7. The Labute approximate surface area is 123 Å². The molecule has 1 aromatic heterocycles. The van der Waals surface area contributed by atoms with Crippen molar-refractivity contribution in [3.63, 3.8) is 0 Å². The van der Waals surface area contributed by atoms with Gasteiger partial charge in [0.15, 0.2) is 9.84 Å². The molecule has 1 N–H and O–H groups in total. The molecular formula is C12H18N4O4S. The van der Waals surface area contributed by atoms with Gasteiger partial charge in [-0.1, -0.05) is 0 Å². The first-order chi connectivity index (χ1) is 9.82. The Morgan fingerprint density at radius 2 is 2.24 bits per heavy atom. The number of nitrogens with zero attached hydrogens (tertiary/aromatic N) is 3. The summed E-state index contributed by atoms with van der Waals surface area (Å²) >= 11 is 0. The Morgan fingerprint density at radius 3 is 2.76 bits per heavy atom. The first kappa shape index (κ1) is 15.5. The van der Waals surface area contributed by atoms with E-state index in [-0.39, 0.29) is 23.2 Å². The van der Waals surface area contributed by atoms with Crippen LogP contribution in [0.2, 0.25) is 0 Å². The number of nitrogens with one attached hydrogen (secondary N) is 1. The lowest BCUT2D eigenvalue weighted by molar-refractivity contribution is -0.384. The molecule has 0 aliphatic carbocycles. The summed E-state index contributed by atoms with van der Waals surface area (Å²) in [5, 5.41) is 13.9. The molecule has 0 amide bonds. The van der Waals surface area contributed by atoms with Gasteiger partial charge in [-0.2, -0.15) is 0 Å². The van der Waals surface area contributed by atoms with Crippen molar-refractivity contribution in [1.82, 2.24) is 4.98 Å². The van der Waals surface area contributed by atoms with Crippen LogP contribution in [0.25, 0.3) is 0 Å². The molecule has 0 saturated carbocycles. The van der Waals surface area contributed by atoms with Crippen LogP contribution in [0.15, 0.2) is 12.1 Å². The average molecular weight is 314 g/mol. The maximum absolute atomic E-state index is 11.6.